The van der Waals surface area contributed by atoms with Gasteiger partial charge in [0.25, 0.3) is 0 Å². The number of aryl methyl sites for hydroxylation is 2. The smallest absolute Gasteiger partial charge is 0.0182 e. The molecule has 0 radical (unpaired) electrons. The van der Waals surface area contributed by atoms with Gasteiger partial charge >= 0.3 is 0 Å². The highest BCUT2D eigenvalue weighted by Crippen LogP contribution is 2.22. The summed E-state index contributed by atoms with van der Waals surface area (Å²) >= 11 is 0. The molecular weight excluding hydrogens is 134 g/mol. The third-order valence-corrected chi connectivity index (χ3v) is 2.66. The summed E-state index contributed by atoms with van der Waals surface area (Å²) in [5, 5.41) is 0. The van der Waals surface area contributed by atoms with Crippen LogP contribution in [0.25, 0.3) is 0 Å². The van der Waals surface area contributed by atoms with Crippen molar-refractivity contribution in [3.8, 4) is 0 Å². The predicted octanol–water partition coefficient (Wildman–Crippen LogP) is 2.59. The summed E-state index contributed by atoms with van der Waals surface area (Å²) in [4.78, 5) is 3.37. The number of nitrogens with one attached hydrogen (secondary N) is 1. The Balaban J connectivity index is 2.35. The van der Waals surface area contributed by atoms with Crippen molar-refractivity contribution in [1.29, 1.82) is 0 Å². The average Bonchev–Trinajstić information content (AvgIpc) is 2.25. The zero-order valence-corrected chi connectivity index (χ0v) is 7.11. The maximum atomic E-state index is 3.37. The fourth-order valence-corrected chi connectivity index (χ4v) is 1.96. The molecule has 60 valence electrons. The van der Waals surface area contributed by atoms with Crippen LogP contribution in [0.3, 0.4) is 0 Å². The van der Waals surface area contributed by atoms with Gasteiger partial charge in [-0.3, -0.25) is 0 Å². The Kier molecular flexibility index (Phi) is 1.72. The van der Waals surface area contributed by atoms with E-state index in [0.29, 0.717) is 0 Å². The van der Waals surface area contributed by atoms with Crippen molar-refractivity contribution in [3.05, 3.63) is 23.0 Å². The lowest BCUT2D eigenvalue weighted by Crippen LogP contribution is -1.87. The molecule has 0 saturated heterocycles. The largest absolute Gasteiger partial charge is 0.364 e. The van der Waals surface area contributed by atoms with Gasteiger partial charge in [-0.2, -0.15) is 0 Å². The number of hydrogen-bond acceptors (Lipinski definition) is 0. The SMILES string of the molecule is Cc1c[nH]c2c1CCCCC2. The quantitative estimate of drug-likeness (QED) is 0.546. The van der Waals surface area contributed by atoms with Crippen molar-refractivity contribution in [2.24, 2.45) is 0 Å². The van der Waals surface area contributed by atoms with Crippen molar-refractivity contribution in [2.45, 2.75) is 39.0 Å². The van der Waals surface area contributed by atoms with Crippen LogP contribution in [0.4, 0.5) is 0 Å². The van der Waals surface area contributed by atoms with Crippen LogP contribution >= 0.6 is 0 Å². The maximum Gasteiger partial charge on any atom is 0.0182 e. The number of aromatic nitrogens is 1. The molecule has 0 fully saturated rings. The fraction of sp³-hybridized carbons (Fsp3) is 0.600. The van der Waals surface area contributed by atoms with Gasteiger partial charge in [0.2, 0.25) is 0 Å². The second kappa shape index (κ2) is 2.72. The molecule has 1 N–H and O–H groups in total. The first kappa shape index (κ1) is 6.96. The lowest BCUT2D eigenvalue weighted by atomic mass is 10.1. The minimum Gasteiger partial charge on any atom is -0.364 e. The van der Waals surface area contributed by atoms with Crippen LogP contribution in [0.2, 0.25) is 0 Å². The number of rotatable bonds is 0. The third-order valence-electron chi connectivity index (χ3n) is 2.66. The van der Waals surface area contributed by atoms with Crippen LogP contribution in [-0.2, 0) is 12.8 Å². The molecule has 0 atom stereocenters. The second-order valence-corrected chi connectivity index (χ2v) is 3.49. The summed E-state index contributed by atoms with van der Waals surface area (Å²) in [6.07, 6.45) is 8.87. The molecule has 0 spiro atoms. The Morgan fingerprint density at radius 3 is 2.91 bits per heavy atom. The standard InChI is InChI=1S/C10H15N/c1-8-7-11-10-6-4-2-3-5-9(8)10/h7,11H,2-6H2,1H3. The molecule has 0 saturated carbocycles. The maximum absolute atomic E-state index is 3.37. The van der Waals surface area contributed by atoms with E-state index in [1.807, 2.05) is 0 Å². The number of aromatic amines is 1. The van der Waals surface area contributed by atoms with Crippen LogP contribution in [0, 0.1) is 6.92 Å². The zero-order valence-electron chi connectivity index (χ0n) is 7.11. The molecule has 1 heteroatoms. The van der Waals surface area contributed by atoms with Crippen molar-refractivity contribution in [2.75, 3.05) is 0 Å². The predicted molar refractivity (Wildman–Crippen MR) is 46.8 cm³/mol. The van der Waals surface area contributed by atoms with Crippen molar-refractivity contribution >= 4 is 0 Å². The fourth-order valence-electron chi connectivity index (χ4n) is 1.96. The van der Waals surface area contributed by atoms with Crippen molar-refractivity contribution in [3.63, 3.8) is 0 Å². The highest BCUT2D eigenvalue weighted by Gasteiger charge is 2.10. The van der Waals surface area contributed by atoms with Gasteiger partial charge in [-0.1, -0.05) is 6.42 Å². The summed E-state index contributed by atoms with van der Waals surface area (Å²) in [6.45, 7) is 2.21. The van der Waals surface area contributed by atoms with Gasteiger partial charge in [-0.25, -0.2) is 0 Å². The monoisotopic (exact) mass is 149 g/mol. The Morgan fingerprint density at radius 2 is 2.00 bits per heavy atom. The summed E-state index contributed by atoms with van der Waals surface area (Å²) in [6, 6.07) is 0. The topological polar surface area (TPSA) is 15.8 Å². The molecule has 0 aliphatic heterocycles. The number of fused-ring (bicyclic) bond motifs is 1. The molecule has 1 aromatic heterocycles. The number of hydrogen-bond donors (Lipinski definition) is 1. The summed E-state index contributed by atoms with van der Waals surface area (Å²) in [5.41, 5.74) is 4.56. The van der Waals surface area contributed by atoms with Gasteiger partial charge in [-0.05, 0) is 43.7 Å². The minimum atomic E-state index is 1.27. The van der Waals surface area contributed by atoms with Gasteiger partial charge in [0.05, 0.1) is 0 Å². The van der Waals surface area contributed by atoms with Crippen LogP contribution in [0.5, 0.6) is 0 Å². The Bertz CT molecular complexity index is 247. The van der Waals surface area contributed by atoms with Crippen LogP contribution in [-0.4, -0.2) is 4.98 Å². The van der Waals surface area contributed by atoms with Gasteiger partial charge in [0.15, 0.2) is 0 Å². The van der Waals surface area contributed by atoms with Gasteiger partial charge in [0.1, 0.15) is 0 Å². The van der Waals surface area contributed by atoms with Gasteiger partial charge < -0.3 is 4.98 Å². The van der Waals surface area contributed by atoms with Gasteiger partial charge in [0, 0.05) is 11.9 Å². The first-order valence-electron chi connectivity index (χ1n) is 4.53. The van der Waals surface area contributed by atoms with E-state index in [2.05, 4.69) is 18.1 Å². The van der Waals surface area contributed by atoms with E-state index in [0.717, 1.165) is 0 Å². The lowest BCUT2D eigenvalue weighted by Gasteiger charge is -1.97. The Hall–Kier alpha value is -0.720. The molecule has 1 nitrogen and oxygen atoms in total. The first-order chi connectivity index (χ1) is 5.38. The highest BCUT2D eigenvalue weighted by molar-refractivity contribution is 5.30. The van der Waals surface area contributed by atoms with Crippen molar-refractivity contribution < 1.29 is 0 Å². The van der Waals surface area contributed by atoms with Crippen LogP contribution in [0.15, 0.2) is 6.20 Å². The molecule has 0 unspecified atom stereocenters. The molecule has 1 aliphatic carbocycles. The van der Waals surface area contributed by atoms with E-state index in [9.17, 15) is 0 Å². The summed E-state index contributed by atoms with van der Waals surface area (Å²) < 4.78 is 0. The van der Waals surface area contributed by atoms with Gasteiger partial charge in [-0.15, -0.1) is 0 Å². The Labute approximate surface area is 67.8 Å². The molecule has 0 aromatic carbocycles. The molecule has 2 rings (SSSR count). The molecular formula is C10H15N. The van der Waals surface area contributed by atoms with Crippen LogP contribution in [0.1, 0.15) is 36.1 Å². The molecule has 1 heterocycles. The zero-order chi connectivity index (χ0) is 7.68. The normalized spacial score (nSPS) is 17.5. The average molecular weight is 149 g/mol. The molecule has 1 aromatic rings. The van der Waals surface area contributed by atoms with E-state index < -0.39 is 0 Å². The van der Waals surface area contributed by atoms with E-state index in [-0.39, 0.29) is 0 Å². The summed E-state index contributed by atoms with van der Waals surface area (Å²) in [5.74, 6) is 0. The molecule has 0 amide bonds. The third kappa shape index (κ3) is 1.20. The van der Waals surface area contributed by atoms with E-state index in [1.165, 1.54) is 43.4 Å². The van der Waals surface area contributed by atoms with E-state index in [4.69, 9.17) is 0 Å². The highest BCUT2D eigenvalue weighted by atomic mass is 14.7. The summed E-state index contributed by atoms with van der Waals surface area (Å²) in [7, 11) is 0. The minimum absolute atomic E-state index is 1.27. The second-order valence-electron chi connectivity index (χ2n) is 3.49. The van der Waals surface area contributed by atoms with E-state index >= 15 is 0 Å². The first-order valence-corrected chi connectivity index (χ1v) is 4.53. The van der Waals surface area contributed by atoms with Crippen LogP contribution < -0.4 is 0 Å². The lowest BCUT2D eigenvalue weighted by molar-refractivity contribution is 0.706. The molecule has 11 heavy (non-hydrogen) atoms. The van der Waals surface area contributed by atoms with E-state index in [1.54, 1.807) is 5.56 Å². The molecule has 0 bridgehead atoms. The number of H-pyrrole nitrogens is 1. The Morgan fingerprint density at radius 1 is 1.18 bits per heavy atom. The van der Waals surface area contributed by atoms with Crippen molar-refractivity contribution in [1.82, 2.24) is 4.98 Å². The molecule has 1 aliphatic rings.